The van der Waals surface area contributed by atoms with E-state index in [0.29, 0.717) is 16.6 Å². The summed E-state index contributed by atoms with van der Waals surface area (Å²) in [4.78, 5) is 0. The Hall–Kier alpha value is -1.42. The first-order valence-corrected chi connectivity index (χ1v) is 7.46. The highest BCUT2D eigenvalue weighted by molar-refractivity contribution is 6.42. The van der Waals surface area contributed by atoms with Gasteiger partial charge >= 0.3 is 0 Å². The van der Waals surface area contributed by atoms with Crippen LogP contribution in [0.2, 0.25) is 10.0 Å². The maximum atomic E-state index is 6.09. The van der Waals surface area contributed by atoms with Gasteiger partial charge in [-0.1, -0.05) is 35.3 Å². The summed E-state index contributed by atoms with van der Waals surface area (Å²) in [7, 11) is 0. The number of fused-ring (bicyclic) bond motifs is 1. The summed E-state index contributed by atoms with van der Waals surface area (Å²) < 4.78 is 10.7. The van der Waals surface area contributed by atoms with Gasteiger partial charge in [0.25, 0.3) is 0 Å². The third-order valence-electron chi connectivity index (χ3n) is 3.62. The largest absolute Gasteiger partial charge is 0.454 e. The Kier molecular flexibility index (Phi) is 4.24. The van der Waals surface area contributed by atoms with Gasteiger partial charge in [-0.2, -0.15) is 0 Å². The molecule has 110 valence electrons. The Labute approximate surface area is 133 Å². The van der Waals surface area contributed by atoms with Crippen LogP contribution >= 0.6 is 23.2 Å². The molecule has 0 radical (unpaired) electrons. The van der Waals surface area contributed by atoms with Gasteiger partial charge in [-0.05, 0) is 48.4 Å². The monoisotopic (exact) mass is 323 g/mol. The third kappa shape index (κ3) is 3.10. The molecule has 1 heterocycles. The third-order valence-corrected chi connectivity index (χ3v) is 4.36. The van der Waals surface area contributed by atoms with Crippen LogP contribution in [0.5, 0.6) is 11.5 Å². The van der Waals surface area contributed by atoms with Gasteiger partial charge in [0.05, 0.1) is 10.0 Å². The molecule has 0 saturated heterocycles. The molecule has 21 heavy (non-hydrogen) atoms. The number of benzene rings is 2. The van der Waals surface area contributed by atoms with Crippen LogP contribution in [-0.4, -0.2) is 13.3 Å². The van der Waals surface area contributed by atoms with E-state index in [2.05, 4.69) is 0 Å². The first-order chi connectivity index (χ1) is 10.2. The minimum absolute atomic E-state index is 0.181. The van der Waals surface area contributed by atoms with Gasteiger partial charge in [-0.15, -0.1) is 0 Å². The van der Waals surface area contributed by atoms with Crippen LogP contribution in [0, 0.1) is 0 Å². The van der Waals surface area contributed by atoms with Gasteiger partial charge in [-0.3, -0.25) is 0 Å². The number of hydrogen-bond donors (Lipinski definition) is 1. The average Bonchev–Trinajstić information content (AvgIpc) is 2.95. The Morgan fingerprint density at radius 3 is 2.57 bits per heavy atom. The second kappa shape index (κ2) is 6.14. The maximum Gasteiger partial charge on any atom is 0.231 e. The maximum absolute atomic E-state index is 6.09. The van der Waals surface area contributed by atoms with Gasteiger partial charge in [0, 0.05) is 5.92 Å². The van der Waals surface area contributed by atoms with E-state index in [4.69, 9.17) is 38.4 Å². The molecule has 1 unspecified atom stereocenters. The number of rotatable bonds is 4. The number of halogens is 2. The zero-order chi connectivity index (χ0) is 14.8. The summed E-state index contributed by atoms with van der Waals surface area (Å²) >= 11 is 12.0. The Balaban J connectivity index is 1.82. The fraction of sp³-hybridized carbons (Fsp3) is 0.250. The van der Waals surface area contributed by atoms with E-state index < -0.39 is 0 Å². The van der Waals surface area contributed by atoms with E-state index in [1.807, 2.05) is 36.4 Å². The van der Waals surface area contributed by atoms with E-state index in [0.717, 1.165) is 29.0 Å². The Morgan fingerprint density at radius 2 is 1.81 bits per heavy atom. The van der Waals surface area contributed by atoms with Gasteiger partial charge in [-0.25, -0.2) is 0 Å². The van der Waals surface area contributed by atoms with Crippen LogP contribution in [0.15, 0.2) is 36.4 Å². The SMILES string of the molecule is NCC(Cc1ccc2c(c1)OCO2)c1ccc(Cl)c(Cl)c1. The summed E-state index contributed by atoms with van der Waals surface area (Å²) in [5.74, 6) is 1.76. The molecule has 0 saturated carbocycles. The second-order valence-corrected chi connectivity index (χ2v) is 5.81. The molecule has 3 rings (SSSR count). The van der Waals surface area contributed by atoms with E-state index in [-0.39, 0.29) is 12.7 Å². The molecule has 2 N–H and O–H groups in total. The molecular weight excluding hydrogens is 309 g/mol. The van der Waals surface area contributed by atoms with Crippen molar-refractivity contribution in [3.8, 4) is 11.5 Å². The first kappa shape index (κ1) is 14.5. The summed E-state index contributed by atoms with van der Waals surface area (Å²) in [6.45, 7) is 0.818. The molecule has 2 aromatic carbocycles. The van der Waals surface area contributed by atoms with Crippen LogP contribution in [0.25, 0.3) is 0 Å². The molecule has 1 atom stereocenters. The zero-order valence-electron chi connectivity index (χ0n) is 11.3. The van der Waals surface area contributed by atoms with Crippen LogP contribution in [0.4, 0.5) is 0 Å². The van der Waals surface area contributed by atoms with Crippen molar-refractivity contribution < 1.29 is 9.47 Å². The predicted molar refractivity (Wildman–Crippen MR) is 84.5 cm³/mol. The molecule has 0 fully saturated rings. The van der Waals surface area contributed by atoms with E-state index in [9.17, 15) is 0 Å². The summed E-state index contributed by atoms with van der Waals surface area (Å²) in [6.07, 6.45) is 0.811. The molecular formula is C16H15Cl2NO2. The van der Waals surface area contributed by atoms with Crippen LogP contribution in [-0.2, 0) is 6.42 Å². The lowest BCUT2D eigenvalue weighted by Gasteiger charge is -2.16. The predicted octanol–water partition coefficient (Wildman–Crippen LogP) is 4.01. The van der Waals surface area contributed by atoms with Crippen molar-refractivity contribution in [2.45, 2.75) is 12.3 Å². The quantitative estimate of drug-likeness (QED) is 0.924. The van der Waals surface area contributed by atoms with Crippen molar-refractivity contribution in [3.05, 3.63) is 57.6 Å². The fourth-order valence-corrected chi connectivity index (χ4v) is 2.76. The fourth-order valence-electron chi connectivity index (χ4n) is 2.46. The minimum atomic E-state index is 0.181. The van der Waals surface area contributed by atoms with Crippen molar-refractivity contribution >= 4 is 23.2 Å². The van der Waals surface area contributed by atoms with Crippen LogP contribution in [0.3, 0.4) is 0 Å². The summed E-state index contributed by atoms with van der Waals surface area (Å²) in [5, 5.41) is 1.11. The van der Waals surface area contributed by atoms with Crippen molar-refractivity contribution in [1.82, 2.24) is 0 Å². The van der Waals surface area contributed by atoms with Crippen molar-refractivity contribution in [3.63, 3.8) is 0 Å². The molecule has 0 spiro atoms. The number of hydrogen-bond acceptors (Lipinski definition) is 3. The molecule has 0 aliphatic carbocycles. The topological polar surface area (TPSA) is 44.5 Å². The summed E-state index contributed by atoms with van der Waals surface area (Å²) in [6, 6.07) is 11.6. The Bertz CT molecular complexity index is 661. The lowest BCUT2D eigenvalue weighted by atomic mass is 9.92. The second-order valence-electron chi connectivity index (χ2n) is 5.00. The van der Waals surface area contributed by atoms with Gasteiger partial charge < -0.3 is 15.2 Å². The lowest BCUT2D eigenvalue weighted by molar-refractivity contribution is 0.174. The van der Waals surface area contributed by atoms with E-state index in [1.165, 1.54) is 0 Å². The minimum Gasteiger partial charge on any atom is -0.454 e. The molecule has 1 aliphatic rings. The molecule has 0 bridgehead atoms. The van der Waals surface area contributed by atoms with Crippen molar-refractivity contribution in [2.75, 3.05) is 13.3 Å². The highest BCUT2D eigenvalue weighted by atomic mass is 35.5. The first-order valence-electron chi connectivity index (χ1n) is 6.71. The molecule has 0 aromatic heterocycles. The van der Waals surface area contributed by atoms with Gasteiger partial charge in [0.2, 0.25) is 6.79 Å². The number of nitrogens with two attached hydrogens (primary N) is 1. The molecule has 2 aromatic rings. The molecule has 1 aliphatic heterocycles. The lowest BCUT2D eigenvalue weighted by Crippen LogP contribution is -2.15. The normalized spacial score (nSPS) is 14.2. The van der Waals surface area contributed by atoms with Crippen molar-refractivity contribution in [2.24, 2.45) is 5.73 Å². The molecule has 0 amide bonds. The van der Waals surface area contributed by atoms with Crippen LogP contribution < -0.4 is 15.2 Å². The zero-order valence-corrected chi connectivity index (χ0v) is 12.8. The summed E-state index contributed by atoms with van der Waals surface area (Å²) in [5.41, 5.74) is 8.16. The average molecular weight is 324 g/mol. The molecule has 3 nitrogen and oxygen atoms in total. The highest BCUT2D eigenvalue weighted by Crippen LogP contribution is 2.34. The molecule has 5 heteroatoms. The van der Waals surface area contributed by atoms with Gasteiger partial charge in [0.1, 0.15) is 0 Å². The van der Waals surface area contributed by atoms with Gasteiger partial charge in [0.15, 0.2) is 11.5 Å². The van der Waals surface area contributed by atoms with E-state index in [1.54, 1.807) is 0 Å². The highest BCUT2D eigenvalue weighted by Gasteiger charge is 2.16. The standard InChI is InChI=1S/C16H15Cl2NO2/c17-13-3-2-11(7-14(13)18)12(8-19)5-10-1-4-15-16(6-10)21-9-20-15/h1-4,6-7,12H,5,8-9,19H2. The Morgan fingerprint density at radius 1 is 1.00 bits per heavy atom. The van der Waals surface area contributed by atoms with Crippen LogP contribution in [0.1, 0.15) is 17.0 Å². The smallest absolute Gasteiger partial charge is 0.231 e. The number of ether oxygens (including phenoxy) is 2. The van der Waals surface area contributed by atoms with E-state index >= 15 is 0 Å². The van der Waals surface area contributed by atoms with Crippen molar-refractivity contribution in [1.29, 1.82) is 0 Å².